The first-order chi connectivity index (χ1) is 9.99. The topological polar surface area (TPSA) is 88.2 Å². The van der Waals surface area contributed by atoms with Gasteiger partial charge in [-0.25, -0.2) is 8.42 Å². The van der Waals surface area contributed by atoms with Crippen LogP contribution in [0.3, 0.4) is 0 Å². The van der Waals surface area contributed by atoms with Crippen LogP contribution >= 0.6 is 0 Å². The number of aliphatic imine (C=N–C) groups is 1. The number of hydrogen-bond donors (Lipinski definition) is 1. The predicted molar refractivity (Wildman–Crippen MR) is 82.6 cm³/mol. The molecule has 2 aliphatic rings. The number of ether oxygens (including phenoxy) is 1. The number of nitrogens with zero attached hydrogens (tertiary/aromatic N) is 3. The summed E-state index contributed by atoms with van der Waals surface area (Å²) in [6, 6.07) is 0. The summed E-state index contributed by atoms with van der Waals surface area (Å²) in [6.07, 6.45) is 2.23. The van der Waals surface area contributed by atoms with Crippen LogP contribution in [0.5, 0.6) is 0 Å². The molecule has 0 atom stereocenters. The lowest BCUT2D eigenvalue weighted by Crippen LogP contribution is -2.44. The standard InChI is InChI=1S/C13H26N4O3S/c1-12-2-5-16(6-3-12)13(14)15-4-11-21(18,19)17-7-9-20-10-8-17/h12H,2-11H2,1H3,(H2,14,15). The highest BCUT2D eigenvalue weighted by Gasteiger charge is 2.24. The molecule has 0 radical (unpaired) electrons. The minimum atomic E-state index is -3.25. The normalized spacial score (nSPS) is 23.5. The molecule has 2 heterocycles. The Labute approximate surface area is 127 Å². The van der Waals surface area contributed by atoms with Gasteiger partial charge < -0.3 is 15.4 Å². The first-order valence-electron chi connectivity index (χ1n) is 7.59. The zero-order valence-electron chi connectivity index (χ0n) is 12.7. The Morgan fingerprint density at radius 2 is 1.86 bits per heavy atom. The fourth-order valence-corrected chi connectivity index (χ4v) is 3.85. The van der Waals surface area contributed by atoms with Crippen molar-refractivity contribution in [3.8, 4) is 0 Å². The summed E-state index contributed by atoms with van der Waals surface area (Å²) in [5.74, 6) is 1.22. The van der Waals surface area contributed by atoms with Crippen molar-refractivity contribution in [2.75, 3.05) is 51.7 Å². The maximum atomic E-state index is 12.1. The molecule has 0 aromatic heterocycles. The molecule has 0 spiro atoms. The molecule has 2 N–H and O–H groups in total. The molecule has 0 unspecified atom stereocenters. The molecule has 8 heteroatoms. The van der Waals surface area contributed by atoms with Crippen LogP contribution < -0.4 is 5.73 Å². The van der Waals surface area contributed by atoms with Crippen LogP contribution in [0.2, 0.25) is 0 Å². The minimum Gasteiger partial charge on any atom is -0.379 e. The van der Waals surface area contributed by atoms with Crippen molar-refractivity contribution in [2.24, 2.45) is 16.6 Å². The average Bonchev–Trinajstić information content (AvgIpc) is 2.48. The van der Waals surface area contributed by atoms with Gasteiger partial charge in [-0.2, -0.15) is 4.31 Å². The highest BCUT2D eigenvalue weighted by molar-refractivity contribution is 7.89. The Kier molecular flexibility index (Phi) is 5.83. The molecular formula is C13H26N4O3S. The Balaban J connectivity index is 1.80. The maximum absolute atomic E-state index is 12.1. The van der Waals surface area contributed by atoms with Crippen LogP contribution in [-0.2, 0) is 14.8 Å². The van der Waals surface area contributed by atoms with E-state index >= 15 is 0 Å². The molecule has 0 bridgehead atoms. The van der Waals surface area contributed by atoms with E-state index in [1.54, 1.807) is 0 Å². The molecule has 21 heavy (non-hydrogen) atoms. The zero-order chi connectivity index (χ0) is 15.3. The third-order valence-corrected chi connectivity index (χ3v) is 5.94. The van der Waals surface area contributed by atoms with Crippen molar-refractivity contribution in [1.82, 2.24) is 9.21 Å². The lowest BCUT2D eigenvalue weighted by Gasteiger charge is -2.31. The summed E-state index contributed by atoms with van der Waals surface area (Å²) >= 11 is 0. The third kappa shape index (κ3) is 4.82. The van der Waals surface area contributed by atoms with Gasteiger partial charge in [-0.3, -0.25) is 4.99 Å². The van der Waals surface area contributed by atoms with Gasteiger partial charge in [0.2, 0.25) is 10.0 Å². The van der Waals surface area contributed by atoms with Gasteiger partial charge in [-0.15, -0.1) is 0 Å². The van der Waals surface area contributed by atoms with Gasteiger partial charge in [0.05, 0.1) is 25.5 Å². The molecule has 0 aliphatic carbocycles. The third-order valence-electron chi connectivity index (χ3n) is 4.09. The van der Waals surface area contributed by atoms with Crippen molar-refractivity contribution >= 4 is 16.0 Å². The van der Waals surface area contributed by atoms with E-state index in [1.165, 1.54) is 4.31 Å². The molecule has 2 rings (SSSR count). The number of guanidine groups is 1. The van der Waals surface area contributed by atoms with Gasteiger partial charge in [0.15, 0.2) is 5.96 Å². The van der Waals surface area contributed by atoms with Crippen LogP contribution in [0.25, 0.3) is 0 Å². The molecule has 0 saturated carbocycles. The van der Waals surface area contributed by atoms with E-state index in [2.05, 4.69) is 11.9 Å². The Bertz CT molecular complexity index is 452. The smallest absolute Gasteiger partial charge is 0.216 e. The van der Waals surface area contributed by atoms with E-state index in [0.717, 1.165) is 31.8 Å². The number of hydrogen-bond acceptors (Lipinski definition) is 4. The summed E-state index contributed by atoms with van der Waals surface area (Å²) in [7, 11) is -3.25. The lowest BCUT2D eigenvalue weighted by atomic mass is 10.00. The van der Waals surface area contributed by atoms with E-state index in [0.29, 0.717) is 32.3 Å². The highest BCUT2D eigenvalue weighted by Crippen LogP contribution is 2.15. The van der Waals surface area contributed by atoms with Crippen molar-refractivity contribution in [3.63, 3.8) is 0 Å². The van der Waals surface area contributed by atoms with Crippen LogP contribution in [0.4, 0.5) is 0 Å². The quantitative estimate of drug-likeness (QED) is 0.568. The SMILES string of the molecule is CC1CCN(C(N)=NCCS(=O)(=O)N2CCOCC2)CC1. The van der Waals surface area contributed by atoms with E-state index in [4.69, 9.17) is 10.5 Å². The number of nitrogens with two attached hydrogens (primary N) is 1. The molecule has 2 saturated heterocycles. The molecule has 0 aromatic carbocycles. The molecule has 0 aromatic rings. The van der Waals surface area contributed by atoms with Crippen LogP contribution in [0.1, 0.15) is 19.8 Å². The number of piperidine rings is 1. The molecule has 122 valence electrons. The Morgan fingerprint density at radius 3 is 2.48 bits per heavy atom. The van der Waals surface area contributed by atoms with Crippen molar-refractivity contribution in [3.05, 3.63) is 0 Å². The Morgan fingerprint density at radius 1 is 1.24 bits per heavy atom. The van der Waals surface area contributed by atoms with Crippen molar-refractivity contribution in [1.29, 1.82) is 0 Å². The summed E-state index contributed by atoms with van der Waals surface area (Å²) in [6.45, 7) is 6.08. The fourth-order valence-electron chi connectivity index (χ4n) is 2.57. The largest absolute Gasteiger partial charge is 0.379 e. The van der Waals surface area contributed by atoms with Gasteiger partial charge in [-0.1, -0.05) is 6.92 Å². The summed E-state index contributed by atoms with van der Waals surface area (Å²) in [5.41, 5.74) is 5.95. The minimum absolute atomic E-state index is 0.0118. The lowest BCUT2D eigenvalue weighted by molar-refractivity contribution is 0.0731. The monoisotopic (exact) mass is 318 g/mol. The average molecular weight is 318 g/mol. The van der Waals surface area contributed by atoms with E-state index < -0.39 is 10.0 Å². The van der Waals surface area contributed by atoms with E-state index in [-0.39, 0.29) is 12.3 Å². The van der Waals surface area contributed by atoms with E-state index in [9.17, 15) is 8.42 Å². The second kappa shape index (κ2) is 7.42. The predicted octanol–water partition coefficient (Wildman–Crippen LogP) is -0.305. The van der Waals surface area contributed by atoms with Gasteiger partial charge in [-0.05, 0) is 18.8 Å². The second-order valence-electron chi connectivity index (χ2n) is 5.74. The van der Waals surface area contributed by atoms with Crippen molar-refractivity contribution in [2.45, 2.75) is 19.8 Å². The van der Waals surface area contributed by atoms with Gasteiger partial charge in [0.1, 0.15) is 0 Å². The molecule has 2 aliphatic heterocycles. The number of likely N-dealkylation sites (tertiary alicyclic amines) is 1. The summed E-state index contributed by atoms with van der Waals surface area (Å²) in [4.78, 5) is 6.28. The van der Waals surface area contributed by atoms with Crippen LogP contribution in [-0.4, -0.2) is 75.3 Å². The molecule has 2 fully saturated rings. The first kappa shape index (κ1) is 16.5. The Hall–Kier alpha value is -0.860. The van der Waals surface area contributed by atoms with Crippen LogP contribution in [0.15, 0.2) is 4.99 Å². The highest BCUT2D eigenvalue weighted by atomic mass is 32.2. The summed E-state index contributed by atoms with van der Waals surface area (Å²) in [5, 5.41) is 0. The first-order valence-corrected chi connectivity index (χ1v) is 9.20. The molecule has 7 nitrogen and oxygen atoms in total. The molecular weight excluding hydrogens is 292 g/mol. The number of morpholine rings is 1. The zero-order valence-corrected chi connectivity index (χ0v) is 13.5. The van der Waals surface area contributed by atoms with Crippen LogP contribution in [0, 0.1) is 5.92 Å². The number of sulfonamides is 1. The van der Waals surface area contributed by atoms with Gasteiger partial charge >= 0.3 is 0 Å². The fraction of sp³-hybridized carbons (Fsp3) is 0.923. The van der Waals surface area contributed by atoms with Gasteiger partial charge in [0.25, 0.3) is 0 Å². The second-order valence-corrected chi connectivity index (χ2v) is 7.83. The van der Waals surface area contributed by atoms with E-state index in [1.807, 2.05) is 4.90 Å². The maximum Gasteiger partial charge on any atom is 0.216 e. The van der Waals surface area contributed by atoms with Crippen molar-refractivity contribution < 1.29 is 13.2 Å². The van der Waals surface area contributed by atoms with Gasteiger partial charge in [0, 0.05) is 26.2 Å². The number of rotatable bonds is 4. The molecule has 0 amide bonds. The summed E-state index contributed by atoms with van der Waals surface area (Å²) < 4.78 is 30.9.